The Hall–Kier alpha value is -3.31. The lowest BCUT2D eigenvalue weighted by molar-refractivity contribution is 0.0162. The SMILES string of the molecule is CC(C)(C)OC(=O)N1CCC2(CC1)C[C@H](Nc1ncnc3c1nnn3C1CC(O)C(CO)C1)c1ccccc12. The number of hydrogen-bond acceptors (Lipinski definition) is 9. The highest BCUT2D eigenvalue weighted by Crippen LogP contribution is 2.52. The van der Waals surface area contributed by atoms with Gasteiger partial charge in [0.1, 0.15) is 11.9 Å². The van der Waals surface area contributed by atoms with Crippen molar-refractivity contribution in [1.29, 1.82) is 0 Å². The molecule has 3 aliphatic rings. The largest absolute Gasteiger partial charge is 0.444 e. The summed E-state index contributed by atoms with van der Waals surface area (Å²) in [6.07, 6.45) is 4.48. The number of likely N-dealkylation sites (tertiary alicyclic amines) is 1. The van der Waals surface area contributed by atoms with Gasteiger partial charge in [-0.25, -0.2) is 19.4 Å². The summed E-state index contributed by atoms with van der Waals surface area (Å²) >= 11 is 0. The first-order valence-electron chi connectivity index (χ1n) is 13.9. The highest BCUT2D eigenvalue weighted by atomic mass is 16.6. The molecule has 2 aromatic heterocycles. The average molecular weight is 536 g/mol. The number of anilines is 1. The van der Waals surface area contributed by atoms with Crippen molar-refractivity contribution in [3.8, 4) is 0 Å². The second-order valence-corrected chi connectivity index (χ2v) is 12.3. The van der Waals surface area contributed by atoms with Gasteiger partial charge in [-0.05, 0) is 64.0 Å². The zero-order valence-electron chi connectivity index (χ0n) is 22.7. The van der Waals surface area contributed by atoms with Crippen molar-refractivity contribution in [2.45, 2.75) is 82.1 Å². The van der Waals surface area contributed by atoms with E-state index in [0.717, 1.165) is 19.3 Å². The molecule has 0 bridgehead atoms. The van der Waals surface area contributed by atoms with Crippen LogP contribution < -0.4 is 5.32 Å². The standard InChI is InChI=1S/C28H37N7O4/c1-27(2,3)39-26(38)34-10-8-28(9-11-34)14-21(19-6-4-5-7-20(19)28)31-24-23-25(30-16-29-24)35(33-32-23)18-12-17(15-36)22(37)13-18/h4-7,16-18,21-22,36-37H,8-15H2,1-3H3,(H,29,30,31)/t17?,18?,21-,22?/m0/s1. The molecule has 2 fully saturated rings. The fraction of sp³-hybridized carbons (Fsp3) is 0.607. The topological polar surface area (TPSA) is 139 Å². The lowest BCUT2D eigenvalue weighted by Crippen LogP contribution is -2.46. The second kappa shape index (κ2) is 9.71. The van der Waals surface area contributed by atoms with Crippen LogP contribution in [0.5, 0.6) is 0 Å². The van der Waals surface area contributed by atoms with Crippen LogP contribution in [0.3, 0.4) is 0 Å². The van der Waals surface area contributed by atoms with Crippen molar-refractivity contribution in [3.05, 3.63) is 41.7 Å². The summed E-state index contributed by atoms with van der Waals surface area (Å²) in [5, 5.41) is 32.3. The van der Waals surface area contributed by atoms with Crippen LogP contribution in [0, 0.1) is 5.92 Å². The highest BCUT2D eigenvalue weighted by molar-refractivity contribution is 5.82. The van der Waals surface area contributed by atoms with Crippen LogP contribution in [-0.4, -0.2) is 77.6 Å². The number of ether oxygens (including phenoxy) is 1. The van der Waals surface area contributed by atoms with Gasteiger partial charge in [0, 0.05) is 31.0 Å². The van der Waals surface area contributed by atoms with E-state index >= 15 is 0 Å². The number of nitrogens with zero attached hydrogens (tertiary/aromatic N) is 6. The van der Waals surface area contributed by atoms with Crippen LogP contribution in [0.25, 0.3) is 11.2 Å². The summed E-state index contributed by atoms with van der Waals surface area (Å²) in [4.78, 5) is 23.5. The van der Waals surface area contributed by atoms with E-state index in [1.165, 1.54) is 17.5 Å². The number of aromatic nitrogens is 5. The van der Waals surface area contributed by atoms with Crippen molar-refractivity contribution in [2.75, 3.05) is 25.0 Å². The predicted octanol–water partition coefficient (Wildman–Crippen LogP) is 3.35. The van der Waals surface area contributed by atoms with Gasteiger partial charge >= 0.3 is 6.09 Å². The highest BCUT2D eigenvalue weighted by Gasteiger charge is 2.46. The van der Waals surface area contributed by atoms with E-state index < -0.39 is 11.7 Å². The van der Waals surface area contributed by atoms with Crippen LogP contribution >= 0.6 is 0 Å². The normalized spacial score (nSPS) is 26.2. The third-order valence-electron chi connectivity index (χ3n) is 8.66. The first-order valence-corrected chi connectivity index (χ1v) is 13.9. The number of benzene rings is 1. The lowest BCUT2D eigenvalue weighted by atomic mass is 9.73. The van der Waals surface area contributed by atoms with Gasteiger partial charge in [0.25, 0.3) is 0 Å². The van der Waals surface area contributed by atoms with Crippen molar-refractivity contribution in [3.63, 3.8) is 0 Å². The summed E-state index contributed by atoms with van der Waals surface area (Å²) in [5.41, 5.74) is 3.25. The van der Waals surface area contributed by atoms with Crippen molar-refractivity contribution in [1.82, 2.24) is 29.9 Å². The first-order chi connectivity index (χ1) is 18.7. The molecule has 6 rings (SSSR count). The number of aliphatic hydroxyl groups excluding tert-OH is 2. The fourth-order valence-corrected chi connectivity index (χ4v) is 6.69. The minimum Gasteiger partial charge on any atom is -0.444 e. The number of rotatable bonds is 4. The molecule has 2 aliphatic carbocycles. The summed E-state index contributed by atoms with van der Waals surface area (Å²) in [5.74, 6) is 0.466. The Labute approximate surface area is 227 Å². The van der Waals surface area contributed by atoms with Crippen LogP contribution in [0.2, 0.25) is 0 Å². The van der Waals surface area contributed by atoms with Gasteiger partial charge < -0.3 is 25.2 Å². The number of carbonyl (C=O) groups excluding carboxylic acids is 1. The minimum absolute atomic E-state index is 0.0319. The first kappa shape index (κ1) is 25.9. The maximum absolute atomic E-state index is 12.7. The predicted molar refractivity (Wildman–Crippen MR) is 144 cm³/mol. The molecular weight excluding hydrogens is 498 g/mol. The van der Waals surface area contributed by atoms with Gasteiger partial charge in [0.15, 0.2) is 17.0 Å². The number of carbonyl (C=O) groups is 1. The fourth-order valence-electron chi connectivity index (χ4n) is 6.69. The Bertz CT molecular complexity index is 1360. The van der Waals surface area contributed by atoms with E-state index in [-0.39, 0.29) is 36.1 Å². The van der Waals surface area contributed by atoms with Crippen LogP contribution in [0.15, 0.2) is 30.6 Å². The third-order valence-corrected chi connectivity index (χ3v) is 8.66. The molecule has 208 valence electrons. The Morgan fingerprint density at radius 2 is 1.95 bits per heavy atom. The number of amides is 1. The number of hydrogen-bond donors (Lipinski definition) is 3. The Morgan fingerprint density at radius 1 is 1.18 bits per heavy atom. The van der Waals surface area contributed by atoms with Crippen LogP contribution in [0.1, 0.15) is 76.1 Å². The summed E-state index contributed by atoms with van der Waals surface area (Å²) < 4.78 is 7.38. The zero-order valence-corrected chi connectivity index (χ0v) is 22.7. The summed E-state index contributed by atoms with van der Waals surface area (Å²) in [6, 6.07) is 8.51. The Morgan fingerprint density at radius 3 is 2.67 bits per heavy atom. The van der Waals surface area contributed by atoms with Crippen LogP contribution in [0.4, 0.5) is 10.6 Å². The zero-order chi connectivity index (χ0) is 27.4. The molecule has 11 heteroatoms. The third kappa shape index (κ3) is 4.71. The van der Waals surface area contributed by atoms with Gasteiger partial charge in [-0.15, -0.1) is 5.10 Å². The molecule has 1 amide bonds. The van der Waals surface area contributed by atoms with E-state index in [1.54, 1.807) is 4.68 Å². The van der Waals surface area contributed by atoms with Gasteiger partial charge in [-0.3, -0.25) is 0 Å². The van der Waals surface area contributed by atoms with Gasteiger partial charge in [-0.1, -0.05) is 29.5 Å². The van der Waals surface area contributed by atoms with E-state index in [2.05, 4.69) is 49.9 Å². The van der Waals surface area contributed by atoms with Gasteiger partial charge in [0.05, 0.1) is 18.2 Å². The van der Waals surface area contributed by atoms with E-state index in [4.69, 9.17) is 4.74 Å². The molecular formula is C28H37N7O4. The minimum atomic E-state index is -0.563. The Kier molecular flexibility index (Phi) is 6.46. The molecule has 11 nitrogen and oxygen atoms in total. The lowest BCUT2D eigenvalue weighted by Gasteiger charge is -2.40. The number of nitrogens with one attached hydrogen (secondary N) is 1. The molecule has 3 heterocycles. The van der Waals surface area contributed by atoms with E-state index in [9.17, 15) is 15.0 Å². The quantitative estimate of drug-likeness (QED) is 0.459. The second-order valence-electron chi connectivity index (χ2n) is 12.3. The molecule has 3 unspecified atom stereocenters. The number of fused-ring (bicyclic) bond motifs is 3. The summed E-state index contributed by atoms with van der Waals surface area (Å²) in [6.45, 7) is 6.95. The van der Waals surface area contributed by atoms with Gasteiger partial charge in [0.2, 0.25) is 0 Å². The molecule has 3 N–H and O–H groups in total. The van der Waals surface area contributed by atoms with Crippen molar-refractivity contribution < 1.29 is 19.7 Å². The van der Waals surface area contributed by atoms with E-state index in [0.29, 0.717) is 42.9 Å². The molecule has 0 radical (unpaired) electrons. The van der Waals surface area contributed by atoms with Crippen LogP contribution in [-0.2, 0) is 10.2 Å². The van der Waals surface area contributed by atoms with E-state index in [1.807, 2.05) is 25.7 Å². The average Bonchev–Trinajstić information content (AvgIpc) is 3.58. The molecule has 1 aliphatic heterocycles. The molecule has 4 atom stereocenters. The molecule has 1 saturated heterocycles. The molecule has 1 aromatic carbocycles. The van der Waals surface area contributed by atoms with Crippen molar-refractivity contribution in [2.24, 2.45) is 5.92 Å². The summed E-state index contributed by atoms with van der Waals surface area (Å²) in [7, 11) is 0. The smallest absolute Gasteiger partial charge is 0.410 e. The van der Waals surface area contributed by atoms with Crippen molar-refractivity contribution >= 4 is 23.1 Å². The molecule has 1 spiro atoms. The molecule has 1 saturated carbocycles. The number of aliphatic hydroxyl groups is 2. The molecule has 39 heavy (non-hydrogen) atoms. The van der Waals surface area contributed by atoms with Gasteiger partial charge in [-0.2, -0.15) is 0 Å². The Balaban J connectivity index is 1.22. The maximum atomic E-state index is 12.7. The number of piperidine rings is 1. The maximum Gasteiger partial charge on any atom is 0.410 e. The monoisotopic (exact) mass is 535 g/mol. The molecule has 3 aromatic rings.